The minimum absolute atomic E-state index is 0.140. The van der Waals surface area contributed by atoms with Crippen molar-refractivity contribution in [3.8, 4) is 0 Å². The smallest absolute Gasteiger partial charge is 0.229 e. The van der Waals surface area contributed by atoms with Crippen LogP contribution in [-0.4, -0.2) is 40.6 Å². The van der Waals surface area contributed by atoms with E-state index in [0.717, 1.165) is 6.42 Å². The van der Waals surface area contributed by atoms with E-state index in [-0.39, 0.29) is 17.9 Å². The number of hydrogen-bond acceptors (Lipinski definition) is 5. The zero-order chi connectivity index (χ0) is 17.8. The molecule has 1 fully saturated rings. The van der Waals surface area contributed by atoms with Gasteiger partial charge in [-0.3, -0.25) is 4.79 Å². The first kappa shape index (κ1) is 17.6. The molecule has 1 aromatic heterocycles. The topological polar surface area (TPSA) is 68.5 Å². The van der Waals surface area contributed by atoms with Gasteiger partial charge in [-0.1, -0.05) is 48.8 Å². The third-order valence-electron chi connectivity index (χ3n) is 4.41. The highest BCUT2D eigenvalue weighted by atomic mass is 16.5. The fraction of sp³-hybridized carbons (Fsp3) is 0.526. The van der Waals surface area contributed by atoms with Gasteiger partial charge in [-0.25, -0.2) is 0 Å². The number of benzene rings is 1. The van der Waals surface area contributed by atoms with E-state index in [4.69, 9.17) is 9.26 Å². The monoisotopic (exact) mass is 343 g/mol. The van der Waals surface area contributed by atoms with Gasteiger partial charge in [0.05, 0.1) is 13.2 Å². The van der Waals surface area contributed by atoms with Crippen LogP contribution in [0.5, 0.6) is 0 Å². The number of hydrogen-bond donors (Lipinski definition) is 0. The van der Waals surface area contributed by atoms with Gasteiger partial charge in [0.25, 0.3) is 0 Å². The third kappa shape index (κ3) is 4.45. The van der Waals surface area contributed by atoms with Gasteiger partial charge in [0.2, 0.25) is 17.6 Å². The number of amides is 1. The Morgan fingerprint density at radius 3 is 2.76 bits per heavy atom. The molecule has 0 bridgehead atoms. The summed E-state index contributed by atoms with van der Waals surface area (Å²) in [6.07, 6.45) is 0.938. The van der Waals surface area contributed by atoms with Crippen LogP contribution in [0.1, 0.15) is 55.1 Å². The van der Waals surface area contributed by atoms with Gasteiger partial charge in [-0.15, -0.1) is 0 Å². The molecule has 25 heavy (non-hydrogen) atoms. The van der Waals surface area contributed by atoms with Crippen molar-refractivity contribution < 1.29 is 14.1 Å². The lowest BCUT2D eigenvalue weighted by Crippen LogP contribution is -2.42. The van der Waals surface area contributed by atoms with Crippen molar-refractivity contribution in [1.29, 1.82) is 0 Å². The quantitative estimate of drug-likeness (QED) is 0.835. The molecule has 0 spiro atoms. The van der Waals surface area contributed by atoms with E-state index in [1.54, 1.807) is 0 Å². The molecule has 3 rings (SSSR count). The Morgan fingerprint density at radius 2 is 2.08 bits per heavy atom. The lowest BCUT2D eigenvalue weighted by molar-refractivity contribution is -0.139. The maximum absolute atomic E-state index is 12.5. The van der Waals surface area contributed by atoms with Crippen LogP contribution < -0.4 is 0 Å². The Kier molecular flexibility index (Phi) is 5.48. The van der Waals surface area contributed by atoms with E-state index >= 15 is 0 Å². The van der Waals surface area contributed by atoms with Crippen molar-refractivity contribution in [2.45, 2.75) is 45.6 Å². The Bertz CT molecular complexity index is 709. The molecule has 1 aromatic carbocycles. The number of ether oxygens (including phenoxy) is 1. The largest absolute Gasteiger partial charge is 0.366 e. The van der Waals surface area contributed by atoms with Crippen LogP contribution in [0.3, 0.4) is 0 Å². The van der Waals surface area contributed by atoms with Gasteiger partial charge in [-0.05, 0) is 18.9 Å². The van der Waals surface area contributed by atoms with Gasteiger partial charge in [0, 0.05) is 18.9 Å². The summed E-state index contributed by atoms with van der Waals surface area (Å²) in [4.78, 5) is 18.8. The third-order valence-corrected chi connectivity index (χ3v) is 4.41. The summed E-state index contributed by atoms with van der Waals surface area (Å²) >= 11 is 0. The van der Waals surface area contributed by atoms with E-state index in [1.165, 1.54) is 11.1 Å². The highest BCUT2D eigenvalue weighted by Gasteiger charge is 2.28. The zero-order valence-electron chi connectivity index (χ0n) is 15.1. The highest BCUT2D eigenvalue weighted by Crippen LogP contribution is 2.22. The highest BCUT2D eigenvalue weighted by molar-refractivity contribution is 5.76. The summed E-state index contributed by atoms with van der Waals surface area (Å²) in [5.41, 5.74) is 2.41. The number of aryl methyl sites for hydroxylation is 2. The molecule has 1 aliphatic heterocycles. The summed E-state index contributed by atoms with van der Waals surface area (Å²) in [6, 6.07) is 8.31. The van der Waals surface area contributed by atoms with Crippen molar-refractivity contribution in [1.82, 2.24) is 15.0 Å². The molecule has 2 heterocycles. The lowest BCUT2D eigenvalue weighted by Gasteiger charge is -2.31. The molecule has 1 unspecified atom stereocenters. The molecule has 0 N–H and O–H groups in total. The van der Waals surface area contributed by atoms with Crippen LogP contribution in [0.15, 0.2) is 28.8 Å². The normalized spacial score (nSPS) is 17.9. The van der Waals surface area contributed by atoms with Gasteiger partial charge in [0.1, 0.15) is 6.10 Å². The van der Waals surface area contributed by atoms with Crippen LogP contribution in [0, 0.1) is 6.92 Å². The molecule has 6 nitrogen and oxygen atoms in total. The number of nitrogens with zero attached hydrogens (tertiary/aromatic N) is 3. The summed E-state index contributed by atoms with van der Waals surface area (Å²) in [5.74, 6) is 1.44. The first-order valence-electron chi connectivity index (χ1n) is 8.81. The number of aromatic nitrogens is 2. The molecule has 0 saturated carbocycles. The molecule has 2 aromatic rings. The van der Waals surface area contributed by atoms with E-state index in [0.29, 0.717) is 37.8 Å². The van der Waals surface area contributed by atoms with Crippen LogP contribution in [0.4, 0.5) is 0 Å². The van der Waals surface area contributed by atoms with Gasteiger partial charge >= 0.3 is 0 Å². The van der Waals surface area contributed by atoms with Gasteiger partial charge < -0.3 is 14.2 Å². The summed E-state index contributed by atoms with van der Waals surface area (Å²) < 4.78 is 11.0. The molecule has 1 aliphatic rings. The van der Waals surface area contributed by atoms with Crippen LogP contribution in [0.25, 0.3) is 0 Å². The molecule has 1 atom stereocenters. The Balaban J connectivity index is 1.56. The van der Waals surface area contributed by atoms with E-state index < -0.39 is 0 Å². The maximum atomic E-state index is 12.5. The molecule has 134 valence electrons. The molecule has 1 amide bonds. The number of carbonyl (C=O) groups excluding carboxylic acids is 1. The zero-order valence-corrected chi connectivity index (χ0v) is 15.1. The van der Waals surface area contributed by atoms with Gasteiger partial charge in [0.15, 0.2) is 0 Å². The maximum Gasteiger partial charge on any atom is 0.229 e. The minimum Gasteiger partial charge on any atom is -0.366 e. The number of carbonyl (C=O) groups is 1. The fourth-order valence-corrected chi connectivity index (χ4v) is 2.81. The second kappa shape index (κ2) is 7.78. The minimum atomic E-state index is -0.312. The SMILES string of the molecule is Cc1ccc(CCC(=O)N2CCOC(c3noc(C(C)C)n3)C2)cc1. The first-order valence-corrected chi connectivity index (χ1v) is 8.81. The van der Waals surface area contributed by atoms with Crippen LogP contribution in [-0.2, 0) is 16.0 Å². The Hall–Kier alpha value is -2.21. The lowest BCUT2D eigenvalue weighted by atomic mass is 10.1. The first-order chi connectivity index (χ1) is 12.0. The Morgan fingerprint density at radius 1 is 1.32 bits per heavy atom. The van der Waals surface area contributed by atoms with Crippen LogP contribution >= 0.6 is 0 Å². The molecular formula is C19H25N3O3. The predicted octanol–water partition coefficient (Wildman–Crippen LogP) is 3.03. The van der Waals surface area contributed by atoms with E-state index in [9.17, 15) is 4.79 Å². The average molecular weight is 343 g/mol. The second-order valence-corrected chi connectivity index (χ2v) is 6.83. The average Bonchev–Trinajstić information content (AvgIpc) is 3.11. The van der Waals surface area contributed by atoms with Crippen molar-refractivity contribution >= 4 is 5.91 Å². The van der Waals surface area contributed by atoms with E-state index in [2.05, 4.69) is 41.3 Å². The standard InChI is InChI=1S/C19H25N3O3/c1-13(2)19-20-18(21-25-19)16-12-22(10-11-24-16)17(23)9-8-15-6-4-14(3)5-7-15/h4-7,13,16H,8-12H2,1-3H3. The summed E-state index contributed by atoms with van der Waals surface area (Å²) in [5, 5.41) is 4.01. The van der Waals surface area contributed by atoms with Crippen molar-refractivity contribution in [3.05, 3.63) is 47.1 Å². The number of rotatable bonds is 5. The molecule has 1 saturated heterocycles. The van der Waals surface area contributed by atoms with Crippen LogP contribution in [0.2, 0.25) is 0 Å². The molecule has 0 aliphatic carbocycles. The molecular weight excluding hydrogens is 318 g/mol. The van der Waals surface area contributed by atoms with Crippen molar-refractivity contribution in [2.24, 2.45) is 0 Å². The van der Waals surface area contributed by atoms with Gasteiger partial charge in [-0.2, -0.15) is 4.98 Å². The summed E-state index contributed by atoms with van der Waals surface area (Å²) in [6.45, 7) is 7.64. The fourth-order valence-electron chi connectivity index (χ4n) is 2.81. The Labute approximate surface area is 148 Å². The molecule has 0 radical (unpaired) electrons. The second-order valence-electron chi connectivity index (χ2n) is 6.83. The van der Waals surface area contributed by atoms with Crippen molar-refractivity contribution in [2.75, 3.05) is 19.7 Å². The molecule has 6 heteroatoms. The predicted molar refractivity (Wildman–Crippen MR) is 93.2 cm³/mol. The summed E-state index contributed by atoms with van der Waals surface area (Å²) in [7, 11) is 0. The van der Waals surface area contributed by atoms with Crippen molar-refractivity contribution in [3.63, 3.8) is 0 Å². The van der Waals surface area contributed by atoms with E-state index in [1.807, 2.05) is 18.7 Å². The number of morpholine rings is 1.